The van der Waals surface area contributed by atoms with Gasteiger partial charge in [-0.05, 0) is 40.2 Å². The Balaban J connectivity index is 2.50. The SMILES string of the molecule is Cc1cc(C(=O)O)n(CCCC(=O)OC(C)(C)C)n1. The summed E-state index contributed by atoms with van der Waals surface area (Å²) in [7, 11) is 0. The van der Waals surface area contributed by atoms with Gasteiger partial charge in [-0.3, -0.25) is 9.48 Å². The zero-order valence-corrected chi connectivity index (χ0v) is 11.8. The highest BCUT2D eigenvalue weighted by molar-refractivity contribution is 5.85. The van der Waals surface area contributed by atoms with Gasteiger partial charge in [-0.25, -0.2) is 4.79 Å². The predicted octanol–water partition coefficient (Wildman–Crippen LogP) is 2.01. The van der Waals surface area contributed by atoms with Crippen LogP contribution < -0.4 is 0 Å². The summed E-state index contributed by atoms with van der Waals surface area (Å²) >= 11 is 0. The molecule has 1 N–H and O–H groups in total. The Morgan fingerprint density at radius 1 is 1.42 bits per heavy atom. The number of carbonyl (C=O) groups excluding carboxylic acids is 1. The van der Waals surface area contributed by atoms with Crippen molar-refractivity contribution in [1.82, 2.24) is 9.78 Å². The van der Waals surface area contributed by atoms with Gasteiger partial charge in [0.1, 0.15) is 11.3 Å². The molecule has 0 saturated carbocycles. The number of aryl methyl sites for hydroxylation is 2. The zero-order valence-electron chi connectivity index (χ0n) is 11.8. The van der Waals surface area contributed by atoms with Gasteiger partial charge < -0.3 is 9.84 Å². The fourth-order valence-corrected chi connectivity index (χ4v) is 1.65. The van der Waals surface area contributed by atoms with Gasteiger partial charge in [0.05, 0.1) is 5.69 Å². The van der Waals surface area contributed by atoms with E-state index in [-0.39, 0.29) is 18.1 Å². The fourth-order valence-electron chi connectivity index (χ4n) is 1.65. The first-order valence-electron chi connectivity index (χ1n) is 6.18. The summed E-state index contributed by atoms with van der Waals surface area (Å²) in [5.41, 5.74) is 0.294. The monoisotopic (exact) mass is 268 g/mol. The molecule has 0 unspecified atom stereocenters. The third kappa shape index (κ3) is 5.11. The number of aromatic carboxylic acids is 1. The third-order valence-corrected chi connectivity index (χ3v) is 2.29. The van der Waals surface area contributed by atoms with Gasteiger partial charge in [-0.1, -0.05) is 0 Å². The second-order valence-electron chi connectivity index (χ2n) is 5.39. The number of aromatic nitrogens is 2. The highest BCUT2D eigenvalue weighted by Gasteiger charge is 2.17. The van der Waals surface area contributed by atoms with Crippen LogP contribution in [-0.4, -0.2) is 32.4 Å². The molecule has 1 heterocycles. The van der Waals surface area contributed by atoms with Crippen molar-refractivity contribution in [2.24, 2.45) is 0 Å². The summed E-state index contributed by atoms with van der Waals surface area (Å²) in [6.45, 7) is 7.55. The number of carbonyl (C=O) groups is 2. The first-order chi connectivity index (χ1) is 8.69. The van der Waals surface area contributed by atoms with E-state index in [2.05, 4.69) is 5.10 Å². The van der Waals surface area contributed by atoms with Crippen LogP contribution in [-0.2, 0) is 16.1 Å². The molecule has 1 aromatic heterocycles. The number of esters is 1. The molecule has 106 valence electrons. The van der Waals surface area contributed by atoms with E-state index in [9.17, 15) is 9.59 Å². The highest BCUT2D eigenvalue weighted by Crippen LogP contribution is 2.10. The minimum Gasteiger partial charge on any atom is -0.477 e. The topological polar surface area (TPSA) is 81.4 Å². The summed E-state index contributed by atoms with van der Waals surface area (Å²) in [4.78, 5) is 22.5. The number of nitrogens with zero attached hydrogens (tertiary/aromatic N) is 2. The van der Waals surface area contributed by atoms with Gasteiger partial charge in [0.25, 0.3) is 0 Å². The first kappa shape index (κ1) is 15.2. The minimum atomic E-state index is -1.02. The van der Waals surface area contributed by atoms with Crippen molar-refractivity contribution in [2.45, 2.75) is 52.7 Å². The second kappa shape index (κ2) is 5.86. The summed E-state index contributed by atoms with van der Waals surface area (Å²) in [5.74, 6) is -1.30. The lowest BCUT2D eigenvalue weighted by Gasteiger charge is -2.19. The second-order valence-corrected chi connectivity index (χ2v) is 5.39. The van der Waals surface area contributed by atoms with Crippen molar-refractivity contribution in [3.8, 4) is 0 Å². The minimum absolute atomic E-state index is 0.140. The molecule has 6 heteroatoms. The first-order valence-corrected chi connectivity index (χ1v) is 6.18. The van der Waals surface area contributed by atoms with Crippen molar-refractivity contribution in [3.05, 3.63) is 17.5 Å². The quantitative estimate of drug-likeness (QED) is 0.826. The van der Waals surface area contributed by atoms with Crippen LogP contribution in [0.2, 0.25) is 0 Å². The molecule has 0 saturated heterocycles. The van der Waals surface area contributed by atoms with Crippen molar-refractivity contribution >= 4 is 11.9 Å². The molecule has 6 nitrogen and oxygen atoms in total. The lowest BCUT2D eigenvalue weighted by Crippen LogP contribution is -2.24. The maximum Gasteiger partial charge on any atom is 0.354 e. The number of hydrogen-bond acceptors (Lipinski definition) is 4. The molecule has 0 aliphatic rings. The average Bonchev–Trinajstić information content (AvgIpc) is 2.57. The molecule has 0 aliphatic heterocycles. The lowest BCUT2D eigenvalue weighted by atomic mass is 10.2. The molecule has 19 heavy (non-hydrogen) atoms. The molecule has 1 aromatic rings. The van der Waals surface area contributed by atoms with E-state index in [0.29, 0.717) is 18.7 Å². The van der Waals surface area contributed by atoms with Gasteiger partial charge in [0.15, 0.2) is 0 Å². The maximum atomic E-state index is 11.5. The molecule has 0 aromatic carbocycles. The summed E-state index contributed by atoms with van der Waals surface area (Å²) in [6.07, 6.45) is 0.742. The molecular weight excluding hydrogens is 248 g/mol. The van der Waals surface area contributed by atoms with Gasteiger partial charge in [-0.2, -0.15) is 5.10 Å². The molecule has 0 spiro atoms. The Hall–Kier alpha value is -1.85. The number of carboxylic acid groups (broad SMARTS) is 1. The van der Waals surface area contributed by atoms with Gasteiger partial charge in [0, 0.05) is 13.0 Å². The Bertz CT molecular complexity index is 471. The smallest absolute Gasteiger partial charge is 0.354 e. The molecule has 1 rings (SSSR count). The van der Waals surface area contributed by atoms with Crippen LogP contribution in [0.25, 0.3) is 0 Å². The highest BCUT2D eigenvalue weighted by atomic mass is 16.6. The van der Waals surface area contributed by atoms with Crippen molar-refractivity contribution < 1.29 is 19.4 Å². The third-order valence-electron chi connectivity index (χ3n) is 2.29. The Morgan fingerprint density at radius 2 is 2.05 bits per heavy atom. The Labute approximate surface area is 112 Å². The normalized spacial score (nSPS) is 11.4. The van der Waals surface area contributed by atoms with E-state index >= 15 is 0 Å². The van der Waals surface area contributed by atoms with Crippen LogP contribution in [0, 0.1) is 6.92 Å². The van der Waals surface area contributed by atoms with Gasteiger partial charge >= 0.3 is 11.9 Å². The molecule has 0 amide bonds. The molecule has 0 fully saturated rings. The molecule has 0 radical (unpaired) electrons. The van der Waals surface area contributed by atoms with E-state index in [1.165, 1.54) is 10.7 Å². The Morgan fingerprint density at radius 3 is 2.58 bits per heavy atom. The molecule has 0 bridgehead atoms. The zero-order chi connectivity index (χ0) is 14.6. The average molecular weight is 268 g/mol. The van der Waals surface area contributed by atoms with Crippen molar-refractivity contribution in [3.63, 3.8) is 0 Å². The van der Waals surface area contributed by atoms with E-state index in [4.69, 9.17) is 9.84 Å². The van der Waals surface area contributed by atoms with Crippen LogP contribution in [0.4, 0.5) is 0 Å². The predicted molar refractivity (Wildman–Crippen MR) is 69.0 cm³/mol. The van der Waals surface area contributed by atoms with Gasteiger partial charge in [-0.15, -0.1) is 0 Å². The van der Waals surface area contributed by atoms with Crippen LogP contribution in [0.1, 0.15) is 49.8 Å². The van der Waals surface area contributed by atoms with Crippen molar-refractivity contribution in [2.75, 3.05) is 0 Å². The number of ether oxygens (including phenoxy) is 1. The lowest BCUT2D eigenvalue weighted by molar-refractivity contribution is -0.154. The number of hydrogen-bond donors (Lipinski definition) is 1. The summed E-state index contributed by atoms with van der Waals surface area (Å²) < 4.78 is 6.58. The summed E-state index contributed by atoms with van der Waals surface area (Å²) in [5, 5.41) is 13.1. The van der Waals surface area contributed by atoms with E-state index in [1.54, 1.807) is 6.92 Å². The molecular formula is C13H20N2O4. The van der Waals surface area contributed by atoms with E-state index < -0.39 is 11.6 Å². The van der Waals surface area contributed by atoms with E-state index in [1.807, 2.05) is 20.8 Å². The summed E-state index contributed by atoms with van der Waals surface area (Å²) in [6, 6.07) is 1.51. The number of carboxylic acids is 1. The van der Waals surface area contributed by atoms with Crippen molar-refractivity contribution in [1.29, 1.82) is 0 Å². The standard InChI is InChI=1S/C13H20N2O4/c1-9-8-10(12(17)18)15(14-9)7-5-6-11(16)19-13(2,3)4/h8H,5-7H2,1-4H3,(H,17,18). The van der Waals surface area contributed by atoms with E-state index in [0.717, 1.165) is 0 Å². The fraction of sp³-hybridized carbons (Fsp3) is 0.615. The largest absolute Gasteiger partial charge is 0.477 e. The molecule has 0 atom stereocenters. The Kier molecular flexibility index (Phi) is 4.69. The molecule has 0 aliphatic carbocycles. The van der Waals surface area contributed by atoms with Gasteiger partial charge in [0.2, 0.25) is 0 Å². The maximum absolute atomic E-state index is 11.5. The van der Waals surface area contributed by atoms with Crippen LogP contribution in [0.5, 0.6) is 0 Å². The van der Waals surface area contributed by atoms with Crippen LogP contribution in [0.15, 0.2) is 6.07 Å². The number of rotatable bonds is 5. The van der Waals surface area contributed by atoms with Crippen LogP contribution in [0.3, 0.4) is 0 Å². The van der Waals surface area contributed by atoms with Crippen LogP contribution >= 0.6 is 0 Å².